The average molecular weight is 362 g/mol. The van der Waals surface area contributed by atoms with Gasteiger partial charge in [-0.3, -0.25) is 4.79 Å². The Morgan fingerprint density at radius 3 is 2.93 bits per heavy atom. The van der Waals surface area contributed by atoms with E-state index >= 15 is 0 Å². The molecule has 0 aliphatic carbocycles. The fourth-order valence-electron chi connectivity index (χ4n) is 3.50. The number of ether oxygens (including phenoxy) is 2. The van der Waals surface area contributed by atoms with Crippen molar-refractivity contribution < 1.29 is 14.3 Å². The summed E-state index contributed by atoms with van der Waals surface area (Å²) in [4.78, 5) is 12.6. The Bertz CT molecular complexity index is 1030. The van der Waals surface area contributed by atoms with Crippen LogP contribution in [0.4, 0.5) is 5.69 Å². The molecule has 136 valence electrons. The van der Waals surface area contributed by atoms with Crippen molar-refractivity contribution in [2.45, 2.75) is 25.8 Å². The van der Waals surface area contributed by atoms with Crippen LogP contribution in [-0.4, -0.2) is 27.5 Å². The molecule has 0 saturated carbocycles. The number of fused-ring (bicyclic) bond motifs is 2. The molecule has 1 aromatic heterocycles. The summed E-state index contributed by atoms with van der Waals surface area (Å²) >= 11 is 0. The van der Waals surface area contributed by atoms with E-state index in [0.29, 0.717) is 22.7 Å². The quantitative estimate of drug-likeness (QED) is 0.774. The molecule has 2 aliphatic heterocycles. The normalized spacial score (nSPS) is 14.7. The summed E-state index contributed by atoms with van der Waals surface area (Å²) in [7, 11) is 0. The van der Waals surface area contributed by atoms with Gasteiger partial charge in [0.05, 0.1) is 0 Å². The van der Waals surface area contributed by atoms with Crippen LogP contribution in [0, 0.1) is 0 Å². The van der Waals surface area contributed by atoms with Gasteiger partial charge in [-0.15, -0.1) is 10.2 Å². The lowest BCUT2D eigenvalue weighted by Gasteiger charge is -2.15. The number of aryl methyl sites for hydroxylation is 1. The van der Waals surface area contributed by atoms with Gasteiger partial charge in [0, 0.05) is 29.8 Å². The maximum atomic E-state index is 12.6. The van der Waals surface area contributed by atoms with Gasteiger partial charge in [0.15, 0.2) is 17.3 Å². The Morgan fingerprint density at radius 1 is 1.04 bits per heavy atom. The molecular weight excluding hydrogens is 344 g/mol. The zero-order valence-corrected chi connectivity index (χ0v) is 14.6. The SMILES string of the molecule is O=C(Nc1cccc(-c2nnc3n2CCCC3)c1)c1ccc2c(c1)OCO2. The van der Waals surface area contributed by atoms with Gasteiger partial charge >= 0.3 is 0 Å². The highest BCUT2D eigenvalue weighted by Gasteiger charge is 2.18. The predicted molar refractivity (Wildman–Crippen MR) is 98.9 cm³/mol. The molecule has 0 spiro atoms. The van der Waals surface area contributed by atoms with Crippen molar-refractivity contribution in [2.75, 3.05) is 12.1 Å². The molecule has 3 aromatic rings. The van der Waals surface area contributed by atoms with Crippen molar-refractivity contribution in [3.63, 3.8) is 0 Å². The fourth-order valence-corrected chi connectivity index (χ4v) is 3.50. The number of rotatable bonds is 3. The Hall–Kier alpha value is -3.35. The predicted octanol–water partition coefficient (Wildman–Crippen LogP) is 3.26. The monoisotopic (exact) mass is 362 g/mol. The maximum absolute atomic E-state index is 12.6. The van der Waals surface area contributed by atoms with E-state index in [0.717, 1.165) is 43.0 Å². The molecular formula is C20H18N4O3. The average Bonchev–Trinajstić information content (AvgIpc) is 3.34. The second-order valence-electron chi connectivity index (χ2n) is 6.65. The zero-order chi connectivity index (χ0) is 18.2. The molecule has 0 atom stereocenters. The number of benzene rings is 2. The smallest absolute Gasteiger partial charge is 0.255 e. The summed E-state index contributed by atoms with van der Waals surface area (Å²) < 4.78 is 12.8. The van der Waals surface area contributed by atoms with Gasteiger partial charge in [0.25, 0.3) is 5.91 Å². The lowest BCUT2D eigenvalue weighted by molar-refractivity contribution is 0.102. The number of amides is 1. The Labute approximate surface area is 155 Å². The third-order valence-electron chi connectivity index (χ3n) is 4.87. The molecule has 0 fully saturated rings. The lowest BCUT2D eigenvalue weighted by atomic mass is 10.1. The van der Waals surface area contributed by atoms with Crippen LogP contribution in [0.3, 0.4) is 0 Å². The van der Waals surface area contributed by atoms with E-state index in [1.807, 2.05) is 24.3 Å². The van der Waals surface area contributed by atoms with Crippen molar-refractivity contribution in [1.82, 2.24) is 14.8 Å². The molecule has 7 heteroatoms. The van der Waals surface area contributed by atoms with E-state index in [9.17, 15) is 4.79 Å². The number of aromatic nitrogens is 3. The Kier molecular flexibility index (Phi) is 3.78. The third kappa shape index (κ3) is 2.91. The molecule has 3 heterocycles. The van der Waals surface area contributed by atoms with Crippen molar-refractivity contribution in [3.8, 4) is 22.9 Å². The fraction of sp³-hybridized carbons (Fsp3) is 0.250. The van der Waals surface area contributed by atoms with Crippen LogP contribution in [0.15, 0.2) is 42.5 Å². The molecule has 2 aromatic carbocycles. The van der Waals surface area contributed by atoms with Crippen LogP contribution in [0.5, 0.6) is 11.5 Å². The van der Waals surface area contributed by atoms with Gasteiger partial charge in [0.2, 0.25) is 6.79 Å². The van der Waals surface area contributed by atoms with Crippen molar-refractivity contribution >= 4 is 11.6 Å². The first kappa shape index (κ1) is 15.9. The number of carbonyl (C=O) groups excluding carboxylic acids is 1. The Morgan fingerprint density at radius 2 is 1.96 bits per heavy atom. The van der Waals surface area contributed by atoms with Gasteiger partial charge < -0.3 is 19.4 Å². The summed E-state index contributed by atoms with van der Waals surface area (Å²) in [5, 5.41) is 11.6. The minimum Gasteiger partial charge on any atom is -0.454 e. The maximum Gasteiger partial charge on any atom is 0.255 e. The minimum atomic E-state index is -0.200. The van der Waals surface area contributed by atoms with E-state index in [2.05, 4.69) is 20.1 Å². The van der Waals surface area contributed by atoms with Gasteiger partial charge in [-0.05, 0) is 43.2 Å². The first-order valence-electron chi connectivity index (χ1n) is 9.01. The van der Waals surface area contributed by atoms with E-state index in [1.165, 1.54) is 0 Å². The van der Waals surface area contributed by atoms with Crippen molar-refractivity contribution in [2.24, 2.45) is 0 Å². The number of nitrogens with zero attached hydrogens (tertiary/aromatic N) is 3. The van der Waals surface area contributed by atoms with Gasteiger partial charge in [-0.1, -0.05) is 12.1 Å². The van der Waals surface area contributed by atoms with Crippen LogP contribution in [0.25, 0.3) is 11.4 Å². The highest BCUT2D eigenvalue weighted by molar-refractivity contribution is 6.04. The second kappa shape index (κ2) is 6.42. The molecule has 2 aliphatic rings. The van der Waals surface area contributed by atoms with Crippen LogP contribution in [-0.2, 0) is 13.0 Å². The number of nitrogens with one attached hydrogen (secondary N) is 1. The lowest BCUT2D eigenvalue weighted by Crippen LogP contribution is -2.12. The molecule has 0 bridgehead atoms. The van der Waals surface area contributed by atoms with Crippen LogP contribution in [0.2, 0.25) is 0 Å². The Balaban J connectivity index is 1.39. The minimum absolute atomic E-state index is 0.186. The van der Waals surface area contributed by atoms with E-state index in [-0.39, 0.29) is 12.7 Å². The van der Waals surface area contributed by atoms with Crippen molar-refractivity contribution in [1.29, 1.82) is 0 Å². The molecule has 7 nitrogen and oxygen atoms in total. The van der Waals surface area contributed by atoms with E-state index < -0.39 is 0 Å². The van der Waals surface area contributed by atoms with Crippen molar-refractivity contribution in [3.05, 3.63) is 53.9 Å². The van der Waals surface area contributed by atoms with Crippen LogP contribution >= 0.6 is 0 Å². The number of hydrogen-bond donors (Lipinski definition) is 1. The summed E-state index contributed by atoms with van der Waals surface area (Å²) in [6.07, 6.45) is 3.26. The number of anilines is 1. The molecule has 5 rings (SSSR count). The molecule has 27 heavy (non-hydrogen) atoms. The zero-order valence-electron chi connectivity index (χ0n) is 14.6. The molecule has 0 radical (unpaired) electrons. The van der Waals surface area contributed by atoms with E-state index in [1.54, 1.807) is 18.2 Å². The highest BCUT2D eigenvalue weighted by atomic mass is 16.7. The van der Waals surface area contributed by atoms with Gasteiger partial charge in [-0.25, -0.2) is 0 Å². The molecule has 0 unspecified atom stereocenters. The first-order valence-corrected chi connectivity index (χ1v) is 9.01. The highest BCUT2D eigenvalue weighted by Crippen LogP contribution is 2.33. The summed E-state index contributed by atoms with van der Waals surface area (Å²) in [6.45, 7) is 1.12. The van der Waals surface area contributed by atoms with E-state index in [4.69, 9.17) is 9.47 Å². The number of hydrogen-bond acceptors (Lipinski definition) is 5. The second-order valence-corrected chi connectivity index (χ2v) is 6.65. The summed E-state index contributed by atoms with van der Waals surface area (Å²) in [5.41, 5.74) is 2.17. The molecule has 0 saturated heterocycles. The largest absolute Gasteiger partial charge is 0.454 e. The standard InChI is InChI=1S/C20H18N4O3/c25-20(14-7-8-16-17(11-14)27-12-26-16)21-15-5-3-4-13(10-15)19-23-22-18-6-1-2-9-24(18)19/h3-5,7-8,10-11H,1-2,6,9,12H2,(H,21,25). The summed E-state index contributed by atoms with van der Waals surface area (Å²) in [5.74, 6) is 2.93. The summed E-state index contributed by atoms with van der Waals surface area (Å²) in [6, 6.07) is 12.9. The first-order chi connectivity index (χ1) is 13.3. The van der Waals surface area contributed by atoms with Gasteiger partial charge in [0.1, 0.15) is 5.82 Å². The third-order valence-corrected chi connectivity index (χ3v) is 4.87. The molecule has 1 amide bonds. The van der Waals surface area contributed by atoms with Crippen LogP contribution < -0.4 is 14.8 Å². The number of carbonyl (C=O) groups is 1. The topological polar surface area (TPSA) is 78.3 Å². The molecule has 1 N–H and O–H groups in total. The van der Waals surface area contributed by atoms with Crippen LogP contribution in [0.1, 0.15) is 29.0 Å². The van der Waals surface area contributed by atoms with Gasteiger partial charge in [-0.2, -0.15) is 0 Å².